The van der Waals surface area contributed by atoms with Gasteiger partial charge in [-0.15, -0.1) is 0 Å². The van der Waals surface area contributed by atoms with Crippen LogP contribution >= 0.6 is 46.6 Å². The van der Waals surface area contributed by atoms with E-state index >= 15 is 0 Å². The molecule has 11 heteroatoms. The molecule has 1 aromatic rings. The number of carbonyl (C=O) groups excluding carboxylic acids is 3. The maximum Gasteiger partial charge on any atom is 0.334 e. The number of likely N-dealkylation sites (tertiary alicyclic amines) is 1. The number of rotatable bonds is 8. The average molecular weight is 508 g/mol. The lowest BCUT2D eigenvalue weighted by atomic mass is 9.82. The van der Waals surface area contributed by atoms with E-state index in [1.807, 2.05) is 6.07 Å². The van der Waals surface area contributed by atoms with E-state index in [-0.39, 0.29) is 17.1 Å². The van der Waals surface area contributed by atoms with E-state index in [4.69, 9.17) is 34.8 Å². The van der Waals surface area contributed by atoms with Crippen LogP contribution in [0.25, 0.3) is 0 Å². The molecule has 1 aliphatic heterocycles. The van der Waals surface area contributed by atoms with Crippen molar-refractivity contribution in [3.8, 4) is 0 Å². The van der Waals surface area contributed by atoms with Crippen molar-refractivity contribution < 1.29 is 24.3 Å². The molecule has 2 rings (SSSR count). The fourth-order valence-electron chi connectivity index (χ4n) is 3.39. The number of amides is 2. The van der Waals surface area contributed by atoms with Gasteiger partial charge in [-0.3, -0.25) is 14.4 Å². The summed E-state index contributed by atoms with van der Waals surface area (Å²) in [6, 6.07) is 7.76. The summed E-state index contributed by atoms with van der Waals surface area (Å²) < 4.78 is -2.02. The largest absolute Gasteiger partial charge is 0.479 e. The Morgan fingerprint density at radius 1 is 1.19 bits per heavy atom. The highest BCUT2D eigenvalue weighted by atomic mass is 35.6. The first kappa shape index (κ1) is 25.5. The number of aliphatic carboxylic acids is 1. The Bertz CT molecular complexity index is 890. The minimum absolute atomic E-state index is 0.0147. The fourth-order valence-corrected chi connectivity index (χ4v) is 5.02. The summed E-state index contributed by atoms with van der Waals surface area (Å²) in [7, 11) is 0. The Labute approximate surface area is 199 Å². The molecule has 0 bridgehead atoms. The van der Waals surface area contributed by atoms with E-state index < -0.39 is 45.0 Å². The third-order valence-electron chi connectivity index (χ3n) is 4.78. The summed E-state index contributed by atoms with van der Waals surface area (Å²) in [6.07, 6.45) is -0.568. The van der Waals surface area contributed by atoms with Crippen LogP contribution in [0.3, 0.4) is 0 Å². The number of β-lactam (4-membered cyclic amide) rings is 1. The van der Waals surface area contributed by atoms with Gasteiger partial charge in [-0.2, -0.15) is 0 Å². The van der Waals surface area contributed by atoms with Crippen LogP contribution in [0.4, 0.5) is 0 Å². The number of carbonyl (C=O) groups is 4. The number of nitrogens with zero attached hydrogens (tertiary/aromatic N) is 1. The second-order valence-corrected chi connectivity index (χ2v) is 11.0. The molecule has 2 N–H and O–H groups in total. The predicted octanol–water partition coefficient (Wildman–Crippen LogP) is 3.32. The van der Waals surface area contributed by atoms with Crippen LogP contribution in [-0.2, 0) is 25.6 Å². The van der Waals surface area contributed by atoms with Crippen molar-refractivity contribution in [3.63, 3.8) is 0 Å². The van der Waals surface area contributed by atoms with Crippen molar-refractivity contribution >= 4 is 69.5 Å². The molecule has 2 amide bonds. The Morgan fingerprint density at radius 3 is 2.23 bits per heavy atom. The van der Waals surface area contributed by atoms with E-state index in [9.17, 15) is 24.3 Å². The Hall–Kier alpha value is -1.74. The first-order valence-electron chi connectivity index (χ1n) is 9.09. The molecule has 1 aromatic carbocycles. The van der Waals surface area contributed by atoms with Gasteiger partial charge in [0.15, 0.2) is 14.4 Å². The molecule has 0 aromatic heterocycles. The maximum absolute atomic E-state index is 13.0. The highest BCUT2D eigenvalue weighted by Crippen LogP contribution is 2.47. The highest BCUT2D eigenvalue weighted by Gasteiger charge is 2.63. The summed E-state index contributed by atoms with van der Waals surface area (Å²) in [6.45, 7) is 6.36. The monoisotopic (exact) mass is 506 g/mol. The molecule has 0 spiro atoms. The normalized spacial score (nSPS) is 20.4. The number of hydrogen-bond acceptors (Lipinski definition) is 5. The summed E-state index contributed by atoms with van der Waals surface area (Å²) >= 11 is 18.4. The van der Waals surface area contributed by atoms with Crippen LogP contribution in [0.2, 0.25) is 0 Å². The van der Waals surface area contributed by atoms with Crippen LogP contribution in [0.5, 0.6) is 0 Å². The van der Waals surface area contributed by atoms with E-state index in [1.54, 1.807) is 24.3 Å². The zero-order valence-corrected chi connectivity index (χ0v) is 19.8. The Morgan fingerprint density at radius 2 is 1.77 bits per heavy atom. The van der Waals surface area contributed by atoms with Gasteiger partial charge in [-0.05, 0) is 18.1 Å². The van der Waals surface area contributed by atoms with Gasteiger partial charge in [-0.1, -0.05) is 83.5 Å². The van der Waals surface area contributed by atoms with Gasteiger partial charge in [-0.25, -0.2) is 4.79 Å². The summed E-state index contributed by atoms with van der Waals surface area (Å²) in [5, 5.41) is 11.2. The number of benzene rings is 1. The van der Waals surface area contributed by atoms with Crippen LogP contribution < -0.4 is 5.32 Å². The standard InChI is InChI=1S/C20H21Cl3N2O5S/c1-11(2)19(18(29)30,10-20(21,22)23)25-16(28)15(17(25)31-12(3)26)24-14(27)9-13-7-5-4-6-8-13/h4-8,15,17H,1,9-10H2,2-3H3,(H,24,27)(H,29,30)/t15?,17?,19-/m1/s1. The maximum atomic E-state index is 13.0. The average Bonchev–Trinajstić information content (AvgIpc) is 2.64. The van der Waals surface area contributed by atoms with Crippen molar-refractivity contribution in [2.75, 3.05) is 0 Å². The highest BCUT2D eigenvalue weighted by molar-refractivity contribution is 8.14. The Balaban J connectivity index is 2.35. The lowest BCUT2D eigenvalue weighted by molar-refractivity contribution is -0.169. The second kappa shape index (κ2) is 9.81. The third kappa shape index (κ3) is 5.74. The number of hydrogen-bond donors (Lipinski definition) is 2. The summed E-state index contributed by atoms with van der Waals surface area (Å²) in [5.74, 6) is -2.61. The van der Waals surface area contributed by atoms with Crippen molar-refractivity contribution in [2.45, 2.75) is 47.4 Å². The summed E-state index contributed by atoms with van der Waals surface area (Å²) in [5.41, 5.74) is -1.30. The zero-order valence-electron chi connectivity index (χ0n) is 16.7. The van der Waals surface area contributed by atoms with Gasteiger partial charge in [0, 0.05) is 13.3 Å². The number of carboxylic acid groups (broad SMARTS) is 1. The van der Waals surface area contributed by atoms with Crippen LogP contribution in [0.15, 0.2) is 42.5 Å². The van der Waals surface area contributed by atoms with Gasteiger partial charge >= 0.3 is 5.97 Å². The molecule has 0 saturated carbocycles. The number of carboxylic acids is 1. The van der Waals surface area contributed by atoms with Gasteiger partial charge in [0.1, 0.15) is 11.4 Å². The zero-order chi connectivity index (χ0) is 23.6. The first-order chi connectivity index (χ1) is 14.3. The van der Waals surface area contributed by atoms with Crippen LogP contribution in [0, 0.1) is 0 Å². The minimum atomic E-state index is -2.07. The van der Waals surface area contributed by atoms with E-state index in [0.717, 1.165) is 10.5 Å². The molecule has 3 atom stereocenters. The molecule has 0 radical (unpaired) electrons. The summed E-state index contributed by atoms with van der Waals surface area (Å²) in [4.78, 5) is 50.6. The van der Waals surface area contributed by atoms with E-state index in [1.165, 1.54) is 13.8 Å². The molecule has 31 heavy (non-hydrogen) atoms. The van der Waals surface area contributed by atoms with Gasteiger partial charge in [0.05, 0.1) is 6.42 Å². The second-order valence-electron chi connectivity index (χ2n) is 7.15. The number of thioether (sulfide) groups is 1. The quantitative estimate of drug-likeness (QED) is 0.318. The fraction of sp³-hybridized carbons (Fsp3) is 0.400. The molecular weight excluding hydrogens is 487 g/mol. The minimum Gasteiger partial charge on any atom is -0.479 e. The molecule has 1 aliphatic rings. The van der Waals surface area contributed by atoms with E-state index in [2.05, 4.69) is 11.9 Å². The molecule has 2 unspecified atom stereocenters. The first-order valence-corrected chi connectivity index (χ1v) is 11.1. The van der Waals surface area contributed by atoms with Crippen molar-refractivity contribution in [2.24, 2.45) is 0 Å². The topological polar surface area (TPSA) is 104 Å². The third-order valence-corrected chi connectivity index (χ3v) is 6.24. The number of alkyl halides is 3. The lowest BCUT2D eigenvalue weighted by Crippen LogP contribution is -2.78. The van der Waals surface area contributed by atoms with Crippen LogP contribution in [0.1, 0.15) is 25.8 Å². The molecule has 0 aliphatic carbocycles. The Kier molecular flexibility index (Phi) is 8.08. The smallest absolute Gasteiger partial charge is 0.334 e. The van der Waals surface area contributed by atoms with Crippen LogP contribution in [-0.4, -0.2) is 53.7 Å². The molecular formula is C20H21Cl3N2O5S. The van der Waals surface area contributed by atoms with Gasteiger partial charge < -0.3 is 15.3 Å². The van der Waals surface area contributed by atoms with Crippen molar-refractivity contribution in [1.29, 1.82) is 0 Å². The molecule has 1 fully saturated rings. The van der Waals surface area contributed by atoms with Crippen molar-refractivity contribution in [1.82, 2.24) is 10.2 Å². The molecule has 7 nitrogen and oxygen atoms in total. The SMILES string of the molecule is C=C(C)[C@](CC(Cl)(Cl)Cl)(C(=O)O)N1C(=O)C(NC(=O)Cc2ccccc2)C1SC(C)=O. The number of nitrogens with one attached hydrogen (secondary N) is 1. The van der Waals surface area contributed by atoms with E-state index in [0.29, 0.717) is 11.8 Å². The van der Waals surface area contributed by atoms with Gasteiger partial charge in [0.2, 0.25) is 11.8 Å². The predicted molar refractivity (Wildman–Crippen MR) is 121 cm³/mol. The molecule has 168 valence electrons. The molecule has 1 heterocycles. The molecule has 1 saturated heterocycles. The van der Waals surface area contributed by atoms with Crippen molar-refractivity contribution in [3.05, 3.63) is 48.0 Å². The lowest BCUT2D eigenvalue weighted by Gasteiger charge is -2.55. The van der Waals surface area contributed by atoms with Gasteiger partial charge in [0.25, 0.3) is 0 Å². The number of halogens is 3.